The van der Waals surface area contributed by atoms with Gasteiger partial charge in [0.05, 0.1) is 12.1 Å². The maximum Gasteiger partial charge on any atom is 0.134 e. The lowest BCUT2D eigenvalue weighted by Crippen LogP contribution is -2.35. The smallest absolute Gasteiger partial charge is 0.134 e. The maximum atomic E-state index is 5.99. The van der Waals surface area contributed by atoms with Crippen LogP contribution in [0.3, 0.4) is 0 Å². The fourth-order valence-corrected chi connectivity index (χ4v) is 2.82. The number of hydrogen-bond donors (Lipinski definition) is 1. The molecular weight excluding hydrogens is 238 g/mol. The van der Waals surface area contributed by atoms with E-state index in [2.05, 4.69) is 24.4 Å². The maximum absolute atomic E-state index is 5.99. The number of para-hydroxylation sites is 1. The van der Waals surface area contributed by atoms with E-state index in [9.17, 15) is 0 Å². The zero-order valence-corrected chi connectivity index (χ0v) is 11.4. The lowest BCUT2D eigenvalue weighted by molar-refractivity contribution is -0.0119. The van der Waals surface area contributed by atoms with Crippen LogP contribution < -0.4 is 5.32 Å². The van der Waals surface area contributed by atoms with Crippen LogP contribution in [0.5, 0.6) is 0 Å². The van der Waals surface area contributed by atoms with Gasteiger partial charge in [0.25, 0.3) is 0 Å². The number of nitrogens with one attached hydrogen (secondary N) is 1. The van der Waals surface area contributed by atoms with Crippen LogP contribution in [-0.4, -0.2) is 19.3 Å². The van der Waals surface area contributed by atoms with Crippen LogP contribution in [0.4, 0.5) is 0 Å². The highest BCUT2D eigenvalue weighted by molar-refractivity contribution is 5.77. The van der Waals surface area contributed by atoms with Crippen LogP contribution in [0.2, 0.25) is 0 Å². The summed E-state index contributed by atoms with van der Waals surface area (Å²) < 4.78 is 11.9. The second-order valence-corrected chi connectivity index (χ2v) is 5.13. The van der Waals surface area contributed by atoms with Gasteiger partial charge in [-0.25, -0.2) is 0 Å². The average Bonchev–Trinajstić information content (AvgIpc) is 2.89. The topological polar surface area (TPSA) is 34.4 Å². The SMILES string of the molecule is CCNC(c1cc2ccccc2o1)C1CCCCO1. The standard InChI is InChI=1S/C16H21NO2/c1-2-17-16(14-9-5-6-10-18-14)15-11-12-7-3-4-8-13(12)19-15/h3-4,7-8,11,14,16-17H,2,5-6,9-10H2,1H3. The molecule has 1 fully saturated rings. The summed E-state index contributed by atoms with van der Waals surface area (Å²) in [7, 11) is 0. The van der Waals surface area contributed by atoms with Crippen molar-refractivity contribution in [1.82, 2.24) is 5.32 Å². The molecule has 19 heavy (non-hydrogen) atoms. The Labute approximate surface area is 113 Å². The molecule has 0 spiro atoms. The summed E-state index contributed by atoms with van der Waals surface area (Å²) in [5, 5.41) is 4.67. The second-order valence-electron chi connectivity index (χ2n) is 5.13. The normalized spacial score (nSPS) is 21.6. The number of ether oxygens (including phenoxy) is 1. The summed E-state index contributed by atoms with van der Waals surface area (Å²) in [4.78, 5) is 0. The van der Waals surface area contributed by atoms with Crippen molar-refractivity contribution in [2.45, 2.75) is 38.3 Å². The number of rotatable bonds is 4. The largest absolute Gasteiger partial charge is 0.459 e. The molecular formula is C16H21NO2. The molecule has 1 saturated heterocycles. The van der Waals surface area contributed by atoms with Crippen molar-refractivity contribution in [3.8, 4) is 0 Å². The van der Waals surface area contributed by atoms with Gasteiger partial charge >= 0.3 is 0 Å². The van der Waals surface area contributed by atoms with Crippen molar-refractivity contribution in [3.63, 3.8) is 0 Å². The summed E-state index contributed by atoms with van der Waals surface area (Å²) >= 11 is 0. The van der Waals surface area contributed by atoms with E-state index in [4.69, 9.17) is 9.15 Å². The van der Waals surface area contributed by atoms with Crippen molar-refractivity contribution < 1.29 is 9.15 Å². The lowest BCUT2D eigenvalue weighted by Gasteiger charge is -2.29. The van der Waals surface area contributed by atoms with E-state index in [0.717, 1.165) is 36.3 Å². The first-order valence-electron chi connectivity index (χ1n) is 7.22. The summed E-state index contributed by atoms with van der Waals surface area (Å²) in [6, 6.07) is 10.5. The third-order valence-electron chi connectivity index (χ3n) is 3.76. The van der Waals surface area contributed by atoms with E-state index in [1.54, 1.807) is 0 Å². The summed E-state index contributed by atoms with van der Waals surface area (Å²) in [6.45, 7) is 3.91. The molecule has 1 aliphatic rings. The number of fused-ring (bicyclic) bond motifs is 1. The molecule has 1 aromatic carbocycles. The zero-order chi connectivity index (χ0) is 13.1. The summed E-state index contributed by atoms with van der Waals surface area (Å²) in [5.41, 5.74) is 0.955. The Kier molecular flexibility index (Phi) is 3.85. The van der Waals surface area contributed by atoms with E-state index in [0.29, 0.717) is 0 Å². The van der Waals surface area contributed by atoms with Crippen LogP contribution in [0, 0.1) is 0 Å². The van der Waals surface area contributed by atoms with E-state index in [-0.39, 0.29) is 12.1 Å². The van der Waals surface area contributed by atoms with Crippen LogP contribution in [-0.2, 0) is 4.74 Å². The molecule has 3 heteroatoms. The molecule has 0 bridgehead atoms. The minimum atomic E-state index is 0.165. The van der Waals surface area contributed by atoms with Gasteiger partial charge in [-0.1, -0.05) is 25.1 Å². The van der Waals surface area contributed by atoms with Crippen molar-refractivity contribution in [1.29, 1.82) is 0 Å². The molecule has 2 atom stereocenters. The van der Waals surface area contributed by atoms with Crippen molar-refractivity contribution in [3.05, 3.63) is 36.1 Å². The number of furan rings is 1. The molecule has 102 valence electrons. The Morgan fingerprint density at radius 1 is 1.32 bits per heavy atom. The Hall–Kier alpha value is -1.32. The molecule has 2 heterocycles. The van der Waals surface area contributed by atoms with Gasteiger partial charge in [-0.3, -0.25) is 0 Å². The Bertz CT molecular complexity index is 495. The molecule has 0 radical (unpaired) electrons. The first kappa shape index (κ1) is 12.7. The number of hydrogen-bond acceptors (Lipinski definition) is 3. The zero-order valence-electron chi connectivity index (χ0n) is 11.4. The van der Waals surface area contributed by atoms with Gasteiger partial charge in [0.2, 0.25) is 0 Å². The van der Waals surface area contributed by atoms with Gasteiger partial charge in [0.1, 0.15) is 11.3 Å². The van der Waals surface area contributed by atoms with Crippen molar-refractivity contribution in [2.75, 3.05) is 13.2 Å². The molecule has 2 unspecified atom stereocenters. The molecule has 3 nitrogen and oxygen atoms in total. The van der Waals surface area contributed by atoms with Gasteiger partial charge in [0.15, 0.2) is 0 Å². The highest BCUT2D eigenvalue weighted by Crippen LogP contribution is 2.30. The summed E-state index contributed by atoms with van der Waals surface area (Å²) in [5.74, 6) is 0.995. The van der Waals surface area contributed by atoms with Crippen molar-refractivity contribution in [2.24, 2.45) is 0 Å². The van der Waals surface area contributed by atoms with Crippen LogP contribution >= 0.6 is 0 Å². The molecule has 1 aromatic heterocycles. The van der Waals surface area contributed by atoms with E-state index in [1.807, 2.05) is 18.2 Å². The third kappa shape index (κ3) is 2.67. The molecule has 0 amide bonds. The van der Waals surface area contributed by atoms with Gasteiger partial charge < -0.3 is 14.5 Å². The predicted molar refractivity (Wildman–Crippen MR) is 76.2 cm³/mol. The van der Waals surface area contributed by atoms with Crippen LogP contribution in [0.25, 0.3) is 11.0 Å². The van der Waals surface area contributed by atoms with E-state index < -0.39 is 0 Å². The predicted octanol–water partition coefficient (Wildman–Crippen LogP) is 3.65. The molecule has 0 saturated carbocycles. The minimum Gasteiger partial charge on any atom is -0.459 e. The highest BCUT2D eigenvalue weighted by atomic mass is 16.5. The van der Waals surface area contributed by atoms with Crippen molar-refractivity contribution >= 4 is 11.0 Å². The molecule has 1 aliphatic heterocycles. The Morgan fingerprint density at radius 2 is 2.21 bits per heavy atom. The van der Waals surface area contributed by atoms with E-state index in [1.165, 1.54) is 12.8 Å². The summed E-state index contributed by atoms with van der Waals surface area (Å²) in [6.07, 6.45) is 3.76. The molecule has 2 aromatic rings. The number of likely N-dealkylation sites (N-methyl/N-ethyl adjacent to an activating group) is 1. The lowest BCUT2D eigenvalue weighted by atomic mass is 10.00. The first-order chi connectivity index (χ1) is 9.38. The van der Waals surface area contributed by atoms with Crippen LogP contribution in [0.1, 0.15) is 38.0 Å². The van der Waals surface area contributed by atoms with Crippen LogP contribution in [0.15, 0.2) is 34.7 Å². The minimum absolute atomic E-state index is 0.165. The average molecular weight is 259 g/mol. The molecule has 1 N–H and O–H groups in total. The quantitative estimate of drug-likeness (QED) is 0.910. The van der Waals surface area contributed by atoms with Gasteiger partial charge in [-0.05, 0) is 37.9 Å². The van der Waals surface area contributed by atoms with Gasteiger partial charge in [-0.15, -0.1) is 0 Å². The highest BCUT2D eigenvalue weighted by Gasteiger charge is 2.27. The van der Waals surface area contributed by atoms with Gasteiger partial charge in [-0.2, -0.15) is 0 Å². The second kappa shape index (κ2) is 5.76. The van der Waals surface area contributed by atoms with E-state index >= 15 is 0 Å². The Balaban J connectivity index is 1.89. The molecule has 0 aliphatic carbocycles. The number of benzene rings is 1. The Morgan fingerprint density at radius 3 is 2.95 bits per heavy atom. The first-order valence-corrected chi connectivity index (χ1v) is 7.22. The fraction of sp³-hybridized carbons (Fsp3) is 0.500. The monoisotopic (exact) mass is 259 g/mol. The third-order valence-corrected chi connectivity index (χ3v) is 3.76. The van der Waals surface area contributed by atoms with Gasteiger partial charge in [0, 0.05) is 12.0 Å². The molecule has 3 rings (SSSR count). The fourth-order valence-electron chi connectivity index (χ4n) is 2.82.